The van der Waals surface area contributed by atoms with Crippen LogP contribution in [0.5, 0.6) is 0 Å². The molecule has 0 amide bonds. The molecule has 19 heavy (non-hydrogen) atoms. The molecule has 0 unspecified atom stereocenters. The topological polar surface area (TPSA) is 26.3 Å². The van der Waals surface area contributed by atoms with Crippen molar-refractivity contribution in [2.24, 2.45) is 0 Å². The van der Waals surface area contributed by atoms with Crippen molar-refractivity contribution in [3.05, 3.63) is 53.6 Å². The smallest absolute Gasteiger partial charge is 0.332 e. The zero-order chi connectivity index (χ0) is 13.1. The van der Waals surface area contributed by atoms with Gasteiger partial charge in [-0.3, -0.25) is 0 Å². The van der Waals surface area contributed by atoms with E-state index in [-0.39, 0.29) is 11.6 Å². The molecule has 1 heterocycles. The second kappa shape index (κ2) is 5.04. The van der Waals surface area contributed by atoms with Gasteiger partial charge < -0.3 is 4.74 Å². The van der Waals surface area contributed by atoms with Crippen LogP contribution in [-0.4, -0.2) is 11.6 Å². The molecule has 0 aromatic heterocycles. The Kier molecular flexibility index (Phi) is 3.24. The van der Waals surface area contributed by atoms with Crippen LogP contribution in [0.25, 0.3) is 6.08 Å². The van der Waals surface area contributed by atoms with Crippen LogP contribution >= 0.6 is 0 Å². The Hall–Kier alpha value is -1.83. The number of hydrogen-bond donors (Lipinski definition) is 0. The Morgan fingerprint density at radius 1 is 1.00 bits per heavy atom. The molecule has 3 rings (SSSR count). The van der Waals surface area contributed by atoms with Crippen molar-refractivity contribution in [1.82, 2.24) is 0 Å². The van der Waals surface area contributed by atoms with Crippen LogP contribution < -0.4 is 0 Å². The maximum atomic E-state index is 11.6. The number of hydrogen-bond acceptors (Lipinski definition) is 2. The van der Waals surface area contributed by atoms with Crippen molar-refractivity contribution < 1.29 is 9.53 Å². The Balaban J connectivity index is 1.84. The molecular formula is C17H18O2. The summed E-state index contributed by atoms with van der Waals surface area (Å²) in [7, 11) is 0. The third kappa shape index (κ3) is 2.48. The molecule has 1 aliphatic heterocycles. The summed E-state index contributed by atoms with van der Waals surface area (Å²) >= 11 is 0. The van der Waals surface area contributed by atoms with Crippen LogP contribution in [0.3, 0.4) is 0 Å². The van der Waals surface area contributed by atoms with Crippen molar-refractivity contribution in [3.63, 3.8) is 0 Å². The van der Waals surface area contributed by atoms with Crippen LogP contribution in [0.15, 0.2) is 48.1 Å². The number of esters is 1. The molecule has 2 heteroatoms. The van der Waals surface area contributed by atoms with Crippen molar-refractivity contribution in [1.29, 1.82) is 0 Å². The fourth-order valence-corrected chi connectivity index (χ4v) is 3.00. The van der Waals surface area contributed by atoms with Gasteiger partial charge in [-0.2, -0.15) is 0 Å². The van der Waals surface area contributed by atoms with Crippen LogP contribution in [0.1, 0.15) is 37.7 Å². The second-order valence-electron chi connectivity index (χ2n) is 5.32. The first kappa shape index (κ1) is 12.2. The van der Waals surface area contributed by atoms with E-state index in [1.807, 2.05) is 24.3 Å². The van der Waals surface area contributed by atoms with E-state index >= 15 is 0 Å². The standard InChI is InChI=1S/C17H18O2/c18-16-13-15(10-9-14-7-3-1-4-8-14)17(19-16)11-5-2-6-12-17/h1,3-4,7-10,13H,2,5-6,11-12H2/b10-9+. The summed E-state index contributed by atoms with van der Waals surface area (Å²) in [6.07, 6.45) is 11.2. The van der Waals surface area contributed by atoms with E-state index in [2.05, 4.69) is 18.2 Å². The average Bonchev–Trinajstić information content (AvgIpc) is 2.74. The maximum absolute atomic E-state index is 11.6. The van der Waals surface area contributed by atoms with Gasteiger partial charge in [-0.1, -0.05) is 48.9 Å². The van der Waals surface area contributed by atoms with Crippen molar-refractivity contribution in [2.75, 3.05) is 0 Å². The van der Waals surface area contributed by atoms with E-state index in [0.29, 0.717) is 0 Å². The molecule has 1 saturated carbocycles. The number of ether oxygens (including phenoxy) is 1. The summed E-state index contributed by atoms with van der Waals surface area (Å²) in [6, 6.07) is 10.1. The third-order valence-corrected chi connectivity index (χ3v) is 4.01. The molecule has 0 N–H and O–H groups in total. The first-order valence-electron chi connectivity index (χ1n) is 6.97. The van der Waals surface area contributed by atoms with E-state index < -0.39 is 0 Å². The largest absolute Gasteiger partial charge is 0.451 e. The predicted molar refractivity (Wildman–Crippen MR) is 75.5 cm³/mol. The summed E-state index contributed by atoms with van der Waals surface area (Å²) in [5.41, 5.74) is 1.86. The van der Waals surface area contributed by atoms with E-state index in [1.165, 1.54) is 6.42 Å². The lowest BCUT2D eigenvalue weighted by molar-refractivity contribution is -0.148. The molecule has 0 radical (unpaired) electrons. The van der Waals surface area contributed by atoms with Gasteiger partial charge in [-0.25, -0.2) is 4.79 Å². The molecule has 1 spiro atoms. The highest BCUT2D eigenvalue weighted by atomic mass is 16.6. The second-order valence-corrected chi connectivity index (χ2v) is 5.32. The minimum absolute atomic E-state index is 0.186. The van der Waals surface area contributed by atoms with E-state index in [9.17, 15) is 4.79 Å². The van der Waals surface area contributed by atoms with E-state index in [4.69, 9.17) is 4.74 Å². The minimum Gasteiger partial charge on any atom is -0.451 e. The lowest BCUT2D eigenvalue weighted by atomic mass is 9.79. The number of benzene rings is 1. The molecule has 1 aliphatic carbocycles. The molecule has 0 saturated heterocycles. The van der Waals surface area contributed by atoms with Gasteiger partial charge in [0.25, 0.3) is 0 Å². The number of carbonyl (C=O) groups is 1. The Bertz CT molecular complexity index is 519. The summed E-state index contributed by atoms with van der Waals surface area (Å²) in [4.78, 5) is 11.6. The van der Waals surface area contributed by atoms with Gasteiger partial charge in [0, 0.05) is 11.6 Å². The van der Waals surface area contributed by atoms with Gasteiger partial charge in [0.1, 0.15) is 5.60 Å². The Morgan fingerprint density at radius 3 is 2.47 bits per heavy atom. The number of rotatable bonds is 2. The van der Waals surface area contributed by atoms with Gasteiger partial charge >= 0.3 is 5.97 Å². The van der Waals surface area contributed by atoms with E-state index in [1.54, 1.807) is 6.08 Å². The quantitative estimate of drug-likeness (QED) is 0.748. The monoisotopic (exact) mass is 254 g/mol. The fourth-order valence-electron chi connectivity index (χ4n) is 3.00. The SMILES string of the molecule is O=C1C=C(/C=C/c2ccccc2)C2(CCCCC2)O1. The molecule has 2 aliphatic rings. The lowest BCUT2D eigenvalue weighted by Gasteiger charge is -2.33. The zero-order valence-corrected chi connectivity index (χ0v) is 11.0. The van der Waals surface area contributed by atoms with Crippen LogP contribution in [0.4, 0.5) is 0 Å². The highest BCUT2D eigenvalue weighted by Crippen LogP contribution is 2.41. The Morgan fingerprint density at radius 2 is 1.74 bits per heavy atom. The normalized spacial score (nSPS) is 21.7. The highest BCUT2D eigenvalue weighted by Gasteiger charge is 2.42. The van der Waals surface area contributed by atoms with Crippen LogP contribution in [-0.2, 0) is 9.53 Å². The maximum Gasteiger partial charge on any atom is 0.332 e. The van der Waals surface area contributed by atoms with Gasteiger partial charge in [0.2, 0.25) is 0 Å². The molecule has 98 valence electrons. The third-order valence-electron chi connectivity index (χ3n) is 4.01. The van der Waals surface area contributed by atoms with Crippen molar-refractivity contribution >= 4 is 12.0 Å². The zero-order valence-electron chi connectivity index (χ0n) is 11.0. The first-order chi connectivity index (χ1) is 9.28. The lowest BCUT2D eigenvalue weighted by Crippen LogP contribution is -2.34. The number of carbonyl (C=O) groups excluding carboxylic acids is 1. The van der Waals surface area contributed by atoms with E-state index in [0.717, 1.165) is 36.8 Å². The Labute approximate surface area is 113 Å². The van der Waals surface area contributed by atoms with Crippen LogP contribution in [0.2, 0.25) is 0 Å². The van der Waals surface area contributed by atoms with Gasteiger partial charge in [-0.15, -0.1) is 0 Å². The van der Waals surface area contributed by atoms with Gasteiger partial charge in [-0.05, 0) is 31.2 Å². The molecule has 0 atom stereocenters. The average molecular weight is 254 g/mol. The van der Waals surface area contributed by atoms with Crippen LogP contribution in [0, 0.1) is 0 Å². The summed E-state index contributed by atoms with van der Waals surface area (Å²) < 4.78 is 5.61. The highest BCUT2D eigenvalue weighted by molar-refractivity contribution is 5.88. The fraction of sp³-hybridized carbons (Fsp3) is 0.353. The molecule has 2 nitrogen and oxygen atoms in total. The molecule has 0 bridgehead atoms. The van der Waals surface area contributed by atoms with Gasteiger partial charge in [0.05, 0.1) is 0 Å². The van der Waals surface area contributed by atoms with Gasteiger partial charge in [0.15, 0.2) is 0 Å². The van der Waals surface area contributed by atoms with Crippen molar-refractivity contribution in [3.8, 4) is 0 Å². The summed E-state index contributed by atoms with van der Waals surface area (Å²) in [6.45, 7) is 0. The molecule has 1 fully saturated rings. The summed E-state index contributed by atoms with van der Waals surface area (Å²) in [5.74, 6) is -0.186. The molecule has 1 aromatic carbocycles. The molecular weight excluding hydrogens is 236 g/mol. The predicted octanol–water partition coefficient (Wildman–Crippen LogP) is 3.89. The first-order valence-corrected chi connectivity index (χ1v) is 6.97. The molecule has 1 aromatic rings. The van der Waals surface area contributed by atoms with Crippen molar-refractivity contribution in [2.45, 2.75) is 37.7 Å². The summed E-state index contributed by atoms with van der Waals surface area (Å²) in [5, 5.41) is 0. The minimum atomic E-state index is -0.333.